The molecule has 2 N–H and O–H groups in total. The summed E-state index contributed by atoms with van der Waals surface area (Å²) in [6, 6.07) is 0. The van der Waals surface area contributed by atoms with Gasteiger partial charge in [0.05, 0.1) is 11.4 Å². The number of thioether (sulfide) groups is 1. The maximum Gasteiger partial charge on any atom is 0.319 e. The summed E-state index contributed by atoms with van der Waals surface area (Å²) in [7, 11) is 0. The van der Waals surface area contributed by atoms with Gasteiger partial charge in [-0.25, -0.2) is 4.98 Å². The van der Waals surface area contributed by atoms with Crippen molar-refractivity contribution in [2.75, 3.05) is 11.1 Å². The van der Waals surface area contributed by atoms with E-state index in [4.69, 9.17) is 5.11 Å². The van der Waals surface area contributed by atoms with E-state index in [1.165, 1.54) is 11.3 Å². The molecule has 0 spiro atoms. The van der Waals surface area contributed by atoms with E-state index < -0.39 is 10.7 Å². The van der Waals surface area contributed by atoms with Crippen LogP contribution in [0.15, 0.2) is 5.38 Å². The second-order valence-corrected chi connectivity index (χ2v) is 6.40. The minimum absolute atomic E-state index is 0.0952. The average molecular weight is 274 g/mol. The van der Waals surface area contributed by atoms with Gasteiger partial charge in [-0.15, -0.1) is 23.1 Å². The molecule has 7 heteroatoms. The minimum Gasteiger partial charge on any atom is -0.480 e. The van der Waals surface area contributed by atoms with E-state index in [0.29, 0.717) is 5.13 Å². The first-order valence-electron chi connectivity index (χ1n) is 4.90. The predicted molar refractivity (Wildman–Crippen MR) is 69.7 cm³/mol. The van der Waals surface area contributed by atoms with Gasteiger partial charge in [0.15, 0.2) is 5.13 Å². The highest BCUT2D eigenvalue weighted by Crippen LogP contribution is 2.24. The third kappa shape index (κ3) is 4.35. The van der Waals surface area contributed by atoms with Gasteiger partial charge in [-0.1, -0.05) is 0 Å². The SMILES string of the molecule is Cc1csc(NC(=O)CSC(C)(C)C(=O)O)n1. The van der Waals surface area contributed by atoms with Crippen molar-refractivity contribution in [1.29, 1.82) is 0 Å². The van der Waals surface area contributed by atoms with Crippen LogP contribution in [0.2, 0.25) is 0 Å². The van der Waals surface area contributed by atoms with Crippen LogP contribution in [-0.2, 0) is 9.59 Å². The molecule has 0 aromatic carbocycles. The summed E-state index contributed by atoms with van der Waals surface area (Å²) in [6.45, 7) is 4.98. The van der Waals surface area contributed by atoms with Crippen molar-refractivity contribution in [1.82, 2.24) is 4.98 Å². The van der Waals surface area contributed by atoms with Gasteiger partial charge in [-0.2, -0.15) is 0 Å². The van der Waals surface area contributed by atoms with Gasteiger partial charge < -0.3 is 10.4 Å². The van der Waals surface area contributed by atoms with E-state index in [1.54, 1.807) is 13.8 Å². The summed E-state index contributed by atoms with van der Waals surface area (Å²) >= 11 is 2.44. The number of aryl methyl sites for hydroxylation is 1. The van der Waals surface area contributed by atoms with Crippen LogP contribution in [0.5, 0.6) is 0 Å². The molecule has 5 nitrogen and oxygen atoms in total. The Balaban J connectivity index is 2.43. The number of anilines is 1. The van der Waals surface area contributed by atoms with Crippen LogP contribution in [0.25, 0.3) is 0 Å². The lowest BCUT2D eigenvalue weighted by molar-refractivity contribution is -0.138. The van der Waals surface area contributed by atoms with Gasteiger partial charge in [0, 0.05) is 5.38 Å². The Morgan fingerprint density at radius 2 is 2.24 bits per heavy atom. The van der Waals surface area contributed by atoms with Gasteiger partial charge >= 0.3 is 5.97 Å². The van der Waals surface area contributed by atoms with Gasteiger partial charge in [0.1, 0.15) is 4.75 Å². The summed E-state index contributed by atoms with van der Waals surface area (Å²) in [6.07, 6.45) is 0. The third-order valence-electron chi connectivity index (χ3n) is 1.94. The highest BCUT2D eigenvalue weighted by molar-refractivity contribution is 8.02. The molecule has 0 bridgehead atoms. The monoisotopic (exact) mass is 274 g/mol. The Morgan fingerprint density at radius 1 is 1.59 bits per heavy atom. The van der Waals surface area contributed by atoms with Crippen molar-refractivity contribution < 1.29 is 14.7 Å². The molecule has 0 atom stereocenters. The first-order chi connectivity index (χ1) is 7.81. The summed E-state index contributed by atoms with van der Waals surface area (Å²) in [5.74, 6) is -1.07. The van der Waals surface area contributed by atoms with Crippen molar-refractivity contribution in [2.24, 2.45) is 0 Å². The summed E-state index contributed by atoms with van der Waals surface area (Å²) in [4.78, 5) is 26.5. The largest absolute Gasteiger partial charge is 0.480 e. The van der Waals surface area contributed by atoms with Crippen LogP contribution in [0.4, 0.5) is 5.13 Å². The molecule has 0 aliphatic carbocycles. The Labute approximate surface area is 108 Å². The number of amides is 1. The zero-order valence-electron chi connectivity index (χ0n) is 9.81. The number of hydrogen-bond acceptors (Lipinski definition) is 5. The van der Waals surface area contributed by atoms with E-state index >= 15 is 0 Å². The fourth-order valence-electron chi connectivity index (χ4n) is 0.874. The van der Waals surface area contributed by atoms with Gasteiger partial charge in [0.25, 0.3) is 0 Å². The lowest BCUT2D eigenvalue weighted by Crippen LogP contribution is -2.29. The number of rotatable bonds is 5. The molecule has 1 aromatic heterocycles. The van der Waals surface area contributed by atoms with Crippen LogP contribution in [-0.4, -0.2) is 32.5 Å². The van der Waals surface area contributed by atoms with Crippen molar-refractivity contribution in [3.8, 4) is 0 Å². The number of carboxylic acid groups (broad SMARTS) is 1. The van der Waals surface area contributed by atoms with Crippen molar-refractivity contribution in [3.63, 3.8) is 0 Å². The summed E-state index contributed by atoms with van der Waals surface area (Å²) in [5.41, 5.74) is 0.851. The zero-order chi connectivity index (χ0) is 13.1. The standard InChI is InChI=1S/C10H14N2O3S2/c1-6-4-16-9(11-6)12-7(13)5-17-10(2,3)8(14)15/h4H,5H2,1-3H3,(H,14,15)(H,11,12,13). The van der Waals surface area contributed by atoms with E-state index in [1.807, 2.05) is 12.3 Å². The van der Waals surface area contributed by atoms with Crippen molar-refractivity contribution in [3.05, 3.63) is 11.1 Å². The van der Waals surface area contributed by atoms with E-state index in [0.717, 1.165) is 17.5 Å². The van der Waals surface area contributed by atoms with Crippen LogP contribution in [0, 0.1) is 6.92 Å². The van der Waals surface area contributed by atoms with E-state index in [9.17, 15) is 9.59 Å². The number of hydrogen-bond donors (Lipinski definition) is 2. The van der Waals surface area contributed by atoms with Gasteiger partial charge in [-0.05, 0) is 20.8 Å². The number of nitrogens with zero attached hydrogens (tertiary/aromatic N) is 1. The maximum atomic E-state index is 11.5. The highest BCUT2D eigenvalue weighted by Gasteiger charge is 2.28. The molecule has 0 aliphatic rings. The number of nitrogens with one attached hydrogen (secondary N) is 1. The molecule has 0 fully saturated rings. The Morgan fingerprint density at radius 3 is 2.71 bits per heavy atom. The average Bonchev–Trinajstić information content (AvgIpc) is 2.61. The Hall–Kier alpha value is -1.08. The molecule has 0 radical (unpaired) electrons. The fraction of sp³-hybridized carbons (Fsp3) is 0.500. The number of aromatic nitrogens is 1. The number of carbonyl (C=O) groups is 2. The molecule has 1 amide bonds. The molecule has 0 unspecified atom stereocenters. The molecule has 0 aliphatic heterocycles. The molecule has 17 heavy (non-hydrogen) atoms. The van der Waals surface area contributed by atoms with Crippen molar-refractivity contribution in [2.45, 2.75) is 25.5 Å². The van der Waals surface area contributed by atoms with E-state index in [2.05, 4.69) is 10.3 Å². The number of carboxylic acids is 1. The summed E-state index contributed by atoms with van der Waals surface area (Å²) in [5, 5.41) is 13.9. The summed E-state index contributed by atoms with van der Waals surface area (Å²) < 4.78 is -0.962. The second-order valence-electron chi connectivity index (χ2n) is 3.95. The second kappa shape index (κ2) is 5.50. The van der Waals surface area contributed by atoms with Crippen LogP contribution in [0.3, 0.4) is 0 Å². The van der Waals surface area contributed by atoms with Crippen molar-refractivity contribution >= 4 is 40.1 Å². The minimum atomic E-state index is -0.962. The van der Waals surface area contributed by atoms with Gasteiger partial charge in [-0.3, -0.25) is 9.59 Å². The molecule has 1 rings (SSSR count). The van der Waals surface area contributed by atoms with Crippen LogP contribution in [0.1, 0.15) is 19.5 Å². The Bertz CT molecular complexity index is 429. The lowest BCUT2D eigenvalue weighted by Gasteiger charge is -2.17. The zero-order valence-corrected chi connectivity index (χ0v) is 11.4. The quantitative estimate of drug-likeness (QED) is 0.858. The topological polar surface area (TPSA) is 79.3 Å². The highest BCUT2D eigenvalue weighted by atomic mass is 32.2. The first kappa shape index (κ1) is 14.0. The molecule has 94 valence electrons. The van der Waals surface area contributed by atoms with Gasteiger partial charge in [0.2, 0.25) is 5.91 Å². The lowest BCUT2D eigenvalue weighted by atomic mass is 10.2. The molecular formula is C10H14N2O3S2. The molecule has 0 saturated heterocycles. The predicted octanol–water partition coefficient (Wildman–Crippen LogP) is 1.99. The normalized spacial score (nSPS) is 11.2. The number of carbonyl (C=O) groups excluding carboxylic acids is 1. The molecule has 1 aromatic rings. The maximum absolute atomic E-state index is 11.5. The smallest absolute Gasteiger partial charge is 0.319 e. The molecule has 1 heterocycles. The van der Waals surface area contributed by atoms with Crippen LogP contribution < -0.4 is 5.32 Å². The van der Waals surface area contributed by atoms with E-state index in [-0.39, 0.29) is 11.7 Å². The Kier molecular flexibility index (Phi) is 4.53. The van der Waals surface area contributed by atoms with Crippen LogP contribution >= 0.6 is 23.1 Å². The molecular weight excluding hydrogens is 260 g/mol. The number of aliphatic carboxylic acids is 1. The molecule has 0 saturated carbocycles. The third-order valence-corrected chi connectivity index (χ3v) is 4.12. The fourth-order valence-corrected chi connectivity index (χ4v) is 2.27. The number of thiazole rings is 1. The first-order valence-corrected chi connectivity index (χ1v) is 6.77.